The van der Waals surface area contributed by atoms with Crippen LogP contribution < -0.4 is 5.32 Å². The Morgan fingerprint density at radius 3 is 2.55 bits per heavy atom. The predicted octanol–water partition coefficient (Wildman–Crippen LogP) is 2.13. The molecule has 0 aromatic heterocycles. The van der Waals surface area contributed by atoms with Crippen LogP contribution in [0, 0.1) is 6.92 Å². The Hall–Kier alpha value is -1.84. The minimum atomic E-state index is -0.724. The van der Waals surface area contributed by atoms with Crippen molar-refractivity contribution < 1.29 is 9.59 Å². The van der Waals surface area contributed by atoms with Crippen molar-refractivity contribution in [3.8, 4) is 0 Å². The van der Waals surface area contributed by atoms with Gasteiger partial charge in [0.1, 0.15) is 5.54 Å². The number of amides is 2. The van der Waals surface area contributed by atoms with Crippen LogP contribution >= 0.6 is 0 Å². The Labute approximate surface area is 120 Å². The van der Waals surface area contributed by atoms with Crippen LogP contribution in [0.1, 0.15) is 42.6 Å². The Balaban J connectivity index is 2.24. The van der Waals surface area contributed by atoms with E-state index in [1.807, 2.05) is 45.0 Å². The first-order valence-electron chi connectivity index (χ1n) is 7.16. The number of likely N-dealkylation sites (tertiary alicyclic amines) is 1. The SMILES string of the molecule is CCNC(=O)C1(C)CCCN1C(=O)c1ccc(C)cc1. The van der Waals surface area contributed by atoms with Crippen molar-refractivity contribution in [3.63, 3.8) is 0 Å². The Bertz CT molecular complexity index is 510. The summed E-state index contributed by atoms with van der Waals surface area (Å²) in [4.78, 5) is 26.6. The molecule has 1 aromatic carbocycles. The van der Waals surface area contributed by atoms with Crippen LogP contribution in [0.5, 0.6) is 0 Å². The highest BCUT2D eigenvalue weighted by atomic mass is 16.2. The third-order valence-electron chi connectivity index (χ3n) is 4.01. The zero-order valence-corrected chi connectivity index (χ0v) is 12.4. The molecular formula is C16H22N2O2. The lowest BCUT2D eigenvalue weighted by Crippen LogP contribution is -2.55. The number of nitrogens with zero attached hydrogens (tertiary/aromatic N) is 1. The maximum absolute atomic E-state index is 12.6. The van der Waals surface area contributed by atoms with E-state index in [0.717, 1.165) is 18.4 Å². The first kappa shape index (κ1) is 14.6. The van der Waals surface area contributed by atoms with E-state index in [4.69, 9.17) is 0 Å². The lowest BCUT2D eigenvalue weighted by molar-refractivity contribution is -0.129. The van der Waals surface area contributed by atoms with Gasteiger partial charge in [0.2, 0.25) is 5.91 Å². The molecule has 2 amide bonds. The van der Waals surface area contributed by atoms with Crippen molar-refractivity contribution in [2.75, 3.05) is 13.1 Å². The van der Waals surface area contributed by atoms with Gasteiger partial charge in [-0.15, -0.1) is 0 Å². The van der Waals surface area contributed by atoms with Gasteiger partial charge in [0, 0.05) is 18.7 Å². The molecule has 1 heterocycles. The number of hydrogen-bond donors (Lipinski definition) is 1. The zero-order valence-electron chi connectivity index (χ0n) is 12.4. The average Bonchev–Trinajstić information content (AvgIpc) is 2.82. The summed E-state index contributed by atoms with van der Waals surface area (Å²) in [6, 6.07) is 7.50. The molecule has 20 heavy (non-hydrogen) atoms. The van der Waals surface area contributed by atoms with Gasteiger partial charge >= 0.3 is 0 Å². The quantitative estimate of drug-likeness (QED) is 0.918. The van der Waals surface area contributed by atoms with E-state index in [1.54, 1.807) is 4.90 Å². The molecule has 1 aromatic rings. The van der Waals surface area contributed by atoms with E-state index in [1.165, 1.54) is 0 Å². The molecule has 0 saturated carbocycles. The van der Waals surface area contributed by atoms with Gasteiger partial charge in [0.15, 0.2) is 0 Å². The van der Waals surface area contributed by atoms with Crippen molar-refractivity contribution in [2.45, 2.75) is 39.2 Å². The third kappa shape index (κ3) is 2.55. The fourth-order valence-electron chi connectivity index (χ4n) is 2.73. The molecule has 108 valence electrons. The van der Waals surface area contributed by atoms with Crippen LogP contribution in [-0.2, 0) is 4.79 Å². The minimum absolute atomic E-state index is 0.0574. The summed E-state index contributed by atoms with van der Waals surface area (Å²) in [7, 11) is 0. The van der Waals surface area contributed by atoms with Gasteiger partial charge in [0.05, 0.1) is 0 Å². The van der Waals surface area contributed by atoms with Crippen LogP contribution in [0.25, 0.3) is 0 Å². The summed E-state index contributed by atoms with van der Waals surface area (Å²) < 4.78 is 0. The second-order valence-electron chi connectivity index (χ2n) is 5.56. The van der Waals surface area contributed by atoms with Gasteiger partial charge in [-0.25, -0.2) is 0 Å². The van der Waals surface area contributed by atoms with Crippen molar-refractivity contribution in [1.29, 1.82) is 0 Å². The van der Waals surface area contributed by atoms with Crippen LogP contribution in [0.2, 0.25) is 0 Å². The minimum Gasteiger partial charge on any atom is -0.354 e. The first-order valence-corrected chi connectivity index (χ1v) is 7.16. The van der Waals surface area contributed by atoms with E-state index >= 15 is 0 Å². The molecule has 0 aliphatic carbocycles. The molecule has 0 radical (unpaired) electrons. The molecule has 4 nitrogen and oxygen atoms in total. The predicted molar refractivity (Wildman–Crippen MR) is 78.5 cm³/mol. The standard InChI is InChI=1S/C16H22N2O2/c1-4-17-15(20)16(3)10-5-11-18(16)14(19)13-8-6-12(2)7-9-13/h6-9H,4-5,10-11H2,1-3H3,(H,17,20). The van der Waals surface area contributed by atoms with E-state index in [0.29, 0.717) is 18.7 Å². The Kier molecular flexibility index (Phi) is 4.12. The fourth-order valence-corrected chi connectivity index (χ4v) is 2.73. The van der Waals surface area contributed by atoms with E-state index in [2.05, 4.69) is 5.32 Å². The molecule has 1 atom stereocenters. The summed E-state index contributed by atoms with van der Waals surface area (Å²) in [5, 5.41) is 2.84. The second-order valence-corrected chi connectivity index (χ2v) is 5.56. The van der Waals surface area contributed by atoms with E-state index in [9.17, 15) is 9.59 Å². The second kappa shape index (κ2) is 5.65. The van der Waals surface area contributed by atoms with Gasteiger partial charge in [-0.2, -0.15) is 0 Å². The van der Waals surface area contributed by atoms with Gasteiger partial charge in [0.25, 0.3) is 5.91 Å². The molecule has 0 bridgehead atoms. The summed E-state index contributed by atoms with van der Waals surface area (Å²) in [5.74, 6) is -0.116. The molecule has 1 N–H and O–H groups in total. The normalized spacial score (nSPS) is 21.9. The summed E-state index contributed by atoms with van der Waals surface area (Å²) in [6.07, 6.45) is 1.58. The molecule has 4 heteroatoms. The molecule has 1 aliphatic heterocycles. The number of carbonyl (C=O) groups is 2. The molecule has 1 saturated heterocycles. The number of rotatable bonds is 3. The highest BCUT2D eigenvalue weighted by molar-refractivity contribution is 5.99. The van der Waals surface area contributed by atoms with Crippen LogP contribution in [0.3, 0.4) is 0 Å². The van der Waals surface area contributed by atoms with Crippen molar-refractivity contribution in [1.82, 2.24) is 10.2 Å². The largest absolute Gasteiger partial charge is 0.354 e. The number of likely N-dealkylation sites (N-methyl/N-ethyl adjacent to an activating group) is 1. The van der Waals surface area contributed by atoms with E-state index < -0.39 is 5.54 Å². The van der Waals surface area contributed by atoms with Crippen LogP contribution in [0.4, 0.5) is 0 Å². The molecule has 2 rings (SSSR count). The number of nitrogens with one attached hydrogen (secondary N) is 1. The smallest absolute Gasteiger partial charge is 0.254 e. The highest BCUT2D eigenvalue weighted by Gasteiger charge is 2.45. The van der Waals surface area contributed by atoms with E-state index in [-0.39, 0.29) is 11.8 Å². The summed E-state index contributed by atoms with van der Waals surface area (Å²) in [5.41, 5.74) is 1.04. The maximum Gasteiger partial charge on any atom is 0.254 e. The molecule has 1 fully saturated rings. The van der Waals surface area contributed by atoms with Crippen LogP contribution in [-0.4, -0.2) is 35.3 Å². The molecular weight excluding hydrogens is 252 g/mol. The fraction of sp³-hybridized carbons (Fsp3) is 0.500. The first-order chi connectivity index (χ1) is 9.49. The summed E-state index contributed by atoms with van der Waals surface area (Å²) >= 11 is 0. The number of aryl methyl sites for hydroxylation is 1. The third-order valence-corrected chi connectivity index (χ3v) is 4.01. The number of benzene rings is 1. The lowest BCUT2D eigenvalue weighted by atomic mass is 9.96. The lowest BCUT2D eigenvalue weighted by Gasteiger charge is -2.33. The molecule has 1 unspecified atom stereocenters. The van der Waals surface area contributed by atoms with Gasteiger partial charge in [-0.05, 0) is 45.7 Å². The number of carbonyl (C=O) groups excluding carboxylic acids is 2. The average molecular weight is 274 g/mol. The van der Waals surface area contributed by atoms with Crippen molar-refractivity contribution in [2.24, 2.45) is 0 Å². The summed E-state index contributed by atoms with van der Waals surface area (Å²) in [6.45, 7) is 6.96. The van der Waals surface area contributed by atoms with Gasteiger partial charge in [-0.1, -0.05) is 17.7 Å². The monoisotopic (exact) mass is 274 g/mol. The Morgan fingerprint density at radius 1 is 1.30 bits per heavy atom. The van der Waals surface area contributed by atoms with Crippen molar-refractivity contribution in [3.05, 3.63) is 35.4 Å². The molecule has 1 aliphatic rings. The topological polar surface area (TPSA) is 49.4 Å². The maximum atomic E-state index is 12.6. The Morgan fingerprint density at radius 2 is 1.95 bits per heavy atom. The molecule has 0 spiro atoms. The van der Waals surface area contributed by atoms with Gasteiger partial charge in [-0.3, -0.25) is 9.59 Å². The van der Waals surface area contributed by atoms with Gasteiger partial charge < -0.3 is 10.2 Å². The number of hydrogen-bond acceptors (Lipinski definition) is 2. The van der Waals surface area contributed by atoms with Crippen LogP contribution in [0.15, 0.2) is 24.3 Å². The highest BCUT2D eigenvalue weighted by Crippen LogP contribution is 2.30. The van der Waals surface area contributed by atoms with Crippen molar-refractivity contribution >= 4 is 11.8 Å². The zero-order chi connectivity index (χ0) is 14.8.